The third-order valence-electron chi connectivity index (χ3n) is 3.73. The van der Waals surface area contributed by atoms with Crippen LogP contribution in [0.1, 0.15) is 30.3 Å². The first-order valence-corrected chi connectivity index (χ1v) is 7.84. The normalized spacial score (nSPS) is 19.2. The number of carbonyl (C=O) groups excluding carboxylic acids is 1. The van der Waals surface area contributed by atoms with Crippen molar-refractivity contribution in [3.63, 3.8) is 0 Å². The van der Waals surface area contributed by atoms with E-state index >= 15 is 0 Å². The minimum Gasteiger partial charge on any atom is -0.341 e. The van der Waals surface area contributed by atoms with Gasteiger partial charge in [0.05, 0.1) is 17.4 Å². The zero-order chi connectivity index (χ0) is 13.8. The van der Waals surface area contributed by atoms with Crippen LogP contribution < -0.4 is 0 Å². The van der Waals surface area contributed by atoms with Crippen molar-refractivity contribution < 1.29 is 4.79 Å². The number of aromatic nitrogens is 3. The second-order valence-corrected chi connectivity index (χ2v) is 6.05. The van der Waals surface area contributed by atoms with E-state index < -0.39 is 0 Å². The van der Waals surface area contributed by atoms with Crippen LogP contribution in [0.5, 0.6) is 0 Å². The molecule has 6 heteroatoms. The number of aryl methyl sites for hydroxylation is 1. The molecule has 106 valence electrons. The number of carbonyl (C=O) groups is 1. The molecule has 1 amide bonds. The van der Waals surface area contributed by atoms with E-state index in [0.29, 0.717) is 12.5 Å². The molecule has 3 rings (SSSR count). The topological polar surface area (TPSA) is 51.0 Å². The van der Waals surface area contributed by atoms with Crippen molar-refractivity contribution >= 4 is 17.2 Å². The molecule has 0 aromatic carbocycles. The van der Waals surface area contributed by atoms with Crippen LogP contribution in [0, 0.1) is 0 Å². The largest absolute Gasteiger partial charge is 0.341 e. The first-order chi connectivity index (χ1) is 9.83. The molecule has 2 aromatic heterocycles. The summed E-state index contributed by atoms with van der Waals surface area (Å²) in [7, 11) is 0. The Morgan fingerprint density at radius 3 is 3.15 bits per heavy atom. The van der Waals surface area contributed by atoms with E-state index in [1.165, 1.54) is 0 Å². The summed E-state index contributed by atoms with van der Waals surface area (Å²) in [6.45, 7) is 1.68. The highest BCUT2D eigenvalue weighted by Crippen LogP contribution is 2.22. The average molecular weight is 290 g/mol. The predicted octanol–water partition coefficient (Wildman–Crippen LogP) is 2.14. The quantitative estimate of drug-likeness (QED) is 0.867. The van der Waals surface area contributed by atoms with Gasteiger partial charge < -0.3 is 9.47 Å². The zero-order valence-electron chi connectivity index (χ0n) is 11.3. The monoisotopic (exact) mass is 290 g/mol. The zero-order valence-corrected chi connectivity index (χ0v) is 12.1. The maximum Gasteiger partial charge on any atom is 0.223 e. The minimum atomic E-state index is 0.241. The van der Waals surface area contributed by atoms with Gasteiger partial charge in [-0.3, -0.25) is 4.79 Å². The predicted molar refractivity (Wildman–Crippen MR) is 77.5 cm³/mol. The maximum atomic E-state index is 12.3. The van der Waals surface area contributed by atoms with Crippen LogP contribution in [0.25, 0.3) is 0 Å². The molecule has 3 heterocycles. The molecule has 2 aromatic rings. The highest BCUT2D eigenvalue weighted by Gasteiger charge is 2.24. The number of rotatable bonds is 4. The van der Waals surface area contributed by atoms with E-state index in [1.807, 2.05) is 22.8 Å². The van der Waals surface area contributed by atoms with Crippen LogP contribution in [-0.2, 0) is 11.2 Å². The molecule has 1 aliphatic heterocycles. The number of piperidine rings is 1. The number of thiazole rings is 1. The van der Waals surface area contributed by atoms with Crippen molar-refractivity contribution in [3.05, 3.63) is 35.3 Å². The molecule has 0 spiro atoms. The van der Waals surface area contributed by atoms with Crippen LogP contribution in [0.2, 0.25) is 0 Å². The number of nitrogens with zero attached hydrogens (tertiary/aromatic N) is 4. The number of hydrogen-bond acceptors (Lipinski definition) is 4. The Bertz CT molecular complexity index is 538. The first kappa shape index (κ1) is 13.3. The Labute approximate surface area is 122 Å². The summed E-state index contributed by atoms with van der Waals surface area (Å²) >= 11 is 1.62. The van der Waals surface area contributed by atoms with E-state index in [0.717, 1.165) is 37.4 Å². The third-order valence-corrected chi connectivity index (χ3v) is 4.57. The summed E-state index contributed by atoms with van der Waals surface area (Å²) in [4.78, 5) is 22.6. The Balaban J connectivity index is 1.55. The van der Waals surface area contributed by atoms with Gasteiger partial charge in [0, 0.05) is 49.9 Å². The van der Waals surface area contributed by atoms with Gasteiger partial charge in [-0.2, -0.15) is 0 Å². The average Bonchev–Trinajstić information content (AvgIpc) is 3.18. The Kier molecular flexibility index (Phi) is 4.11. The Morgan fingerprint density at radius 1 is 1.45 bits per heavy atom. The molecule has 1 atom stereocenters. The van der Waals surface area contributed by atoms with E-state index in [2.05, 4.69) is 14.5 Å². The van der Waals surface area contributed by atoms with Crippen LogP contribution in [0.15, 0.2) is 30.3 Å². The molecular formula is C14H18N4OS. The van der Waals surface area contributed by atoms with Crippen molar-refractivity contribution in [3.8, 4) is 0 Å². The van der Waals surface area contributed by atoms with Gasteiger partial charge in [0.15, 0.2) is 0 Å². The SMILES string of the molecule is O=C(CCc1nccs1)N1CCC[C@@H](n2ccnc2)C1. The molecule has 0 N–H and O–H groups in total. The smallest absolute Gasteiger partial charge is 0.223 e. The number of hydrogen-bond donors (Lipinski definition) is 0. The fourth-order valence-corrected chi connectivity index (χ4v) is 3.28. The molecule has 0 bridgehead atoms. The van der Waals surface area contributed by atoms with Crippen molar-refractivity contribution in [1.29, 1.82) is 0 Å². The number of likely N-dealkylation sites (tertiary alicyclic amines) is 1. The summed E-state index contributed by atoms with van der Waals surface area (Å²) in [6.07, 6.45) is 10.9. The molecule has 0 radical (unpaired) electrons. The fraction of sp³-hybridized carbons (Fsp3) is 0.500. The summed E-state index contributed by atoms with van der Waals surface area (Å²) in [5.41, 5.74) is 0. The lowest BCUT2D eigenvalue weighted by atomic mass is 10.0. The summed E-state index contributed by atoms with van der Waals surface area (Å²) in [6, 6.07) is 0.370. The lowest BCUT2D eigenvalue weighted by Gasteiger charge is -2.33. The summed E-state index contributed by atoms with van der Waals surface area (Å²) in [5.74, 6) is 0.241. The molecule has 0 unspecified atom stereocenters. The van der Waals surface area contributed by atoms with Gasteiger partial charge in [0.1, 0.15) is 0 Å². The molecule has 1 aliphatic rings. The third kappa shape index (κ3) is 3.07. The van der Waals surface area contributed by atoms with Crippen LogP contribution in [-0.4, -0.2) is 38.4 Å². The number of imidazole rings is 1. The van der Waals surface area contributed by atoms with Gasteiger partial charge in [-0.05, 0) is 12.8 Å². The molecular weight excluding hydrogens is 272 g/mol. The van der Waals surface area contributed by atoms with E-state index in [-0.39, 0.29) is 5.91 Å². The van der Waals surface area contributed by atoms with E-state index in [9.17, 15) is 4.79 Å². The molecule has 0 aliphatic carbocycles. The van der Waals surface area contributed by atoms with Crippen LogP contribution >= 0.6 is 11.3 Å². The lowest BCUT2D eigenvalue weighted by molar-refractivity contribution is -0.132. The molecule has 0 saturated carbocycles. The van der Waals surface area contributed by atoms with Crippen molar-refractivity contribution in [2.45, 2.75) is 31.7 Å². The molecule has 5 nitrogen and oxygen atoms in total. The van der Waals surface area contributed by atoms with Crippen LogP contribution in [0.3, 0.4) is 0 Å². The van der Waals surface area contributed by atoms with Crippen LogP contribution in [0.4, 0.5) is 0 Å². The Morgan fingerprint density at radius 2 is 2.40 bits per heavy atom. The second kappa shape index (κ2) is 6.17. The van der Waals surface area contributed by atoms with E-state index in [1.54, 1.807) is 23.7 Å². The highest BCUT2D eigenvalue weighted by molar-refractivity contribution is 7.09. The van der Waals surface area contributed by atoms with Gasteiger partial charge in [0.2, 0.25) is 5.91 Å². The minimum absolute atomic E-state index is 0.241. The standard InChI is InChI=1S/C14H18N4OS/c19-14(4-3-13-16-6-9-20-13)17-7-1-2-12(10-17)18-8-5-15-11-18/h5-6,8-9,11-12H,1-4,7,10H2/t12-/m1/s1. The highest BCUT2D eigenvalue weighted by atomic mass is 32.1. The molecule has 1 fully saturated rings. The Hall–Kier alpha value is -1.69. The van der Waals surface area contributed by atoms with Gasteiger partial charge in [-0.1, -0.05) is 0 Å². The van der Waals surface area contributed by atoms with Gasteiger partial charge in [0.25, 0.3) is 0 Å². The lowest BCUT2D eigenvalue weighted by Crippen LogP contribution is -2.40. The molecule has 1 saturated heterocycles. The van der Waals surface area contributed by atoms with Crippen molar-refractivity contribution in [2.24, 2.45) is 0 Å². The van der Waals surface area contributed by atoms with Gasteiger partial charge >= 0.3 is 0 Å². The van der Waals surface area contributed by atoms with Crippen molar-refractivity contribution in [1.82, 2.24) is 19.4 Å². The van der Waals surface area contributed by atoms with Gasteiger partial charge in [-0.15, -0.1) is 11.3 Å². The van der Waals surface area contributed by atoms with E-state index in [4.69, 9.17) is 0 Å². The summed E-state index contributed by atoms with van der Waals surface area (Å²) < 4.78 is 2.11. The second-order valence-electron chi connectivity index (χ2n) is 5.07. The molecule has 20 heavy (non-hydrogen) atoms. The number of amides is 1. The first-order valence-electron chi connectivity index (χ1n) is 6.96. The van der Waals surface area contributed by atoms with Crippen molar-refractivity contribution in [2.75, 3.05) is 13.1 Å². The maximum absolute atomic E-state index is 12.3. The summed E-state index contributed by atoms with van der Waals surface area (Å²) in [5, 5.41) is 3.00. The fourth-order valence-electron chi connectivity index (χ4n) is 2.66. The van der Waals surface area contributed by atoms with Gasteiger partial charge in [-0.25, -0.2) is 9.97 Å².